The standard InChI is InChI=1S/C14H21NO2S/c1-5-12-13(15-6-2)11-8-9(3)7-10(4)14(11)18(12,16)17/h7-8,12-13,15H,5-6H2,1-4H3. The minimum Gasteiger partial charge on any atom is -0.309 e. The number of hydrogen-bond acceptors (Lipinski definition) is 3. The Hall–Kier alpha value is -0.870. The third-order valence-electron chi connectivity index (χ3n) is 3.66. The Bertz CT molecular complexity index is 563. The first-order valence-corrected chi connectivity index (χ1v) is 8.06. The Morgan fingerprint density at radius 3 is 2.44 bits per heavy atom. The van der Waals surface area contributed by atoms with Crippen molar-refractivity contribution in [3.8, 4) is 0 Å². The quantitative estimate of drug-likeness (QED) is 0.915. The molecule has 2 unspecified atom stereocenters. The van der Waals surface area contributed by atoms with Crippen molar-refractivity contribution in [2.45, 2.75) is 50.3 Å². The summed E-state index contributed by atoms with van der Waals surface area (Å²) < 4.78 is 25.2. The molecule has 1 N–H and O–H groups in total. The molecule has 0 aliphatic carbocycles. The van der Waals surface area contributed by atoms with Crippen molar-refractivity contribution in [3.63, 3.8) is 0 Å². The second-order valence-electron chi connectivity index (χ2n) is 5.03. The molecule has 1 heterocycles. The predicted octanol–water partition coefficient (Wildman–Crippen LogP) is 2.52. The van der Waals surface area contributed by atoms with Gasteiger partial charge in [0.15, 0.2) is 9.84 Å². The molecule has 0 spiro atoms. The van der Waals surface area contributed by atoms with Crippen LogP contribution >= 0.6 is 0 Å². The SMILES string of the molecule is CCNC1c2cc(C)cc(C)c2S(=O)(=O)C1CC. The molecule has 1 aromatic carbocycles. The molecule has 2 rings (SSSR count). The molecule has 0 radical (unpaired) electrons. The lowest BCUT2D eigenvalue weighted by Crippen LogP contribution is -2.31. The molecule has 0 saturated heterocycles. The second-order valence-corrected chi connectivity index (χ2v) is 7.13. The molecule has 0 saturated carbocycles. The molecule has 0 amide bonds. The highest BCUT2D eigenvalue weighted by Gasteiger charge is 2.44. The van der Waals surface area contributed by atoms with Gasteiger partial charge in [-0.25, -0.2) is 8.42 Å². The number of aryl methyl sites for hydroxylation is 2. The largest absolute Gasteiger partial charge is 0.309 e. The normalized spacial score (nSPS) is 25.1. The zero-order valence-electron chi connectivity index (χ0n) is 11.4. The van der Waals surface area contributed by atoms with Gasteiger partial charge in [-0.1, -0.05) is 31.5 Å². The van der Waals surface area contributed by atoms with Crippen LogP contribution in [0.25, 0.3) is 0 Å². The first kappa shape index (κ1) is 13.6. The van der Waals surface area contributed by atoms with E-state index >= 15 is 0 Å². The molecule has 100 valence electrons. The zero-order valence-corrected chi connectivity index (χ0v) is 12.3. The van der Waals surface area contributed by atoms with Crippen molar-refractivity contribution >= 4 is 9.84 Å². The first-order chi connectivity index (χ1) is 8.43. The summed E-state index contributed by atoms with van der Waals surface area (Å²) in [5, 5.41) is 3.01. The fourth-order valence-corrected chi connectivity index (χ4v) is 5.42. The van der Waals surface area contributed by atoms with Crippen molar-refractivity contribution in [2.75, 3.05) is 6.54 Å². The average molecular weight is 267 g/mol. The number of sulfone groups is 1. The van der Waals surface area contributed by atoms with Crippen LogP contribution in [0.3, 0.4) is 0 Å². The van der Waals surface area contributed by atoms with Crippen LogP contribution in [-0.2, 0) is 9.84 Å². The van der Waals surface area contributed by atoms with Gasteiger partial charge in [-0.2, -0.15) is 0 Å². The molecular formula is C14H21NO2S. The summed E-state index contributed by atoms with van der Waals surface area (Å²) >= 11 is 0. The monoisotopic (exact) mass is 267 g/mol. The van der Waals surface area contributed by atoms with Crippen LogP contribution in [0.2, 0.25) is 0 Å². The molecule has 18 heavy (non-hydrogen) atoms. The van der Waals surface area contributed by atoms with Crippen LogP contribution in [0.5, 0.6) is 0 Å². The van der Waals surface area contributed by atoms with Gasteiger partial charge in [-0.3, -0.25) is 0 Å². The highest BCUT2D eigenvalue weighted by molar-refractivity contribution is 7.92. The van der Waals surface area contributed by atoms with Crippen LogP contribution in [0.4, 0.5) is 0 Å². The lowest BCUT2D eigenvalue weighted by atomic mass is 9.98. The Kier molecular flexibility index (Phi) is 3.52. The first-order valence-electron chi connectivity index (χ1n) is 6.51. The number of benzene rings is 1. The molecule has 1 aromatic rings. The van der Waals surface area contributed by atoms with E-state index < -0.39 is 9.84 Å². The topological polar surface area (TPSA) is 46.2 Å². The summed E-state index contributed by atoms with van der Waals surface area (Å²) in [5.74, 6) is 0. The Labute approximate surface area is 110 Å². The van der Waals surface area contributed by atoms with E-state index in [0.717, 1.165) is 23.2 Å². The Morgan fingerprint density at radius 1 is 1.22 bits per heavy atom. The number of fused-ring (bicyclic) bond motifs is 1. The lowest BCUT2D eigenvalue weighted by molar-refractivity contribution is 0.505. The third kappa shape index (κ3) is 1.88. The number of rotatable bonds is 3. The van der Waals surface area contributed by atoms with Crippen molar-refractivity contribution in [3.05, 3.63) is 28.8 Å². The van der Waals surface area contributed by atoms with Crippen molar-refractivity contribution in [2.24, 2.45) is 0 Å². The van der Waals surface area contributed by atoms with Gasteiger partial charge < -0.3 is 5.32 Å². The van der Waals surface area contributed by atoms with Crippen LogP contribution in [-0.4, -0.2) is 20.2 Å². The van der Waals surface area contributed by atoms with Gasteiger partial charge in [0, 0.05) is 0 Å². The van der Waals surface area contributed by atoms with E-state index in [1.165, 1.54) is 0 Å². The maximum atomic E-state index is 12.6. The van der Waals surface area contributed by atoms with Crippen molar-refractivity contribution < 1.29 is 8.42 Å². The average Bonchev–Trinajstić information content (AvgIpc) is 2.47. The van der Waals surface area contributed by atoms with E-state index in [1.807, 2.05) is 39.8 Å². The lowest BCUT2D eigenvalue weighted by Gasteiger charge is -2.18. The zero-order chi connectivity index (χ0) is 13.5. The van der Waals surface area contributed by atoms with E-state index in [1.54, 1.807) is 0 Å². The van der Waals surface area contributed by atoms with Crippen LogP contribution in [0.15, 0.2) is 17.0 Å². The molecule has 0 bridgehead atoms. The van der Waals surface area contributed by atoms with E-state index in [-0.39, 0.29) is 11.3 Å². The van der Waals surface area contributed by atoms with E-state index in [0.29, 0.717) is 11.3 Å². The summed E-state index contributed by atoms with van der Waals surface area (Å²) in [7, 11) is -3.18. The Morgan fingerprint density at radius 2 is 1.89 bits per heavy atom. The summed E-state index contributed by atoms with van der Waals surface area (Å²) in [4.78, 5) is 0.561. The predicted molar refractivity (Wildman–Crippen MR) is 73.6 cm³/mol. The molecule has 0 aromatic heterocycles. The highest BCUT2D eigenvalue weighted by Crippen LogP contribution is 2.42. The third-order valence-corrected chi connectivity index (χ3v) is 6.19. The maximum absolute atomic E-state index is 12.6. The van der Waals surface area contributed by atoms with Crippen LogP contribution < -0.4 is 5.32 Å². The number of hydrogen-bond donors (Lipinski definition) is 1. The fourth-order valence-electron chi connectivity index (χ4n) is 3.05. The molecule has 1 aliphatic heterocycles. The second kappa shape index (κ2) is 4.67. The van der Waals surface area contributed by atoms with Gasteiger partial charge in [-0.05, 0) is 37.9 Å². The minimum absolute atomic E-state index is 0.0569. The van der Waals surface area contributed by atoms with Gasteiger partial charge >= 0.3 is 0 Å². The fraction of sp³-hybridized carbons (Fsp3) is 0.571. The van der Waals surface area contributed by atoms with Gasteiger partial charge in [0.25, 0.3) is 0 Å². The smallest absolute Gasteiger partial charge is 0.183 e. The van der Waals surface area contributed by atoms with Crippen molar-refractivity contribution in [1.82, 2.24) is 5.32 Å². The van der Waals surface area contributed by atoms with Crippen LogP contribution in [0.1, 0.15) is 43.0 Å². The van der Waals surface area contributed by atoms with Gasteiger partial charge in [0.1, 0.15) is 0 Å². The minimum atomic E-state index is -3.18. The summed E-state index contributed by atoms with van der Waals surface area (Å²) in [5.41, 5.74) is 2.96. The molecule has 3 nitrogen and oxygen atoms in total. The molecule has 4 heteroatoms. The summed E-state index contributed by atoms with van der Waals surface area (Å²) in [6.07, 6.45) is 0.646. The van der Waals surface area contributed by atoms with Gasteiger partial charge in [0.05, 0.1) is 16.2 Å². The summed E-state index contributed by atoms with van der Waals surface area (Å²) in [6, 6.07) is 3.92. The molecule has 2 atom stereocenters. The summed E-state index contributed by atoms with van der Waals surface area (Å²) in [6.45, 7) is 8.65. The molecule has 0 fully saturated rings. The Balaban J connectivity index is 2.69. The van der Waals surface area contributed by atoms with Gasteiger partial charge in [-0.15, -0.1) is 0 Å². The van der Waals surface area contributed by atoms with Crippen LogP contribution in [0, 0.1) is 13.8 Å². The van der Waals surface area contributed by atoms with E-state index in [2.05, 4.69) is 5.32 Å². The maximum Gasteiger partial charge on any atom is 0.183 e. The van der Waals surface area contributed by atoms with Gasteiger partial charge in [0.2, 0.25) is 0 Å². The van der Waals surface area contributed by atoms with E-state index in [9.17, 15) is 8.42 Å². The van der Waals surface area contributed by atoms with Crippen molar-refractivity contribution in [1.29, 1.82) is 0 Å². The molecule has 1 aliphatic rings. The van der Waals surface area contributed by atoms with E-state index in [4.69, 9.17) is 0 Å². The number of nitrogens with one attached hydrogen (secondary N) is 1. The highest BCUT2D eigenvalue weighted by atomic mass is 32.2. The molecular weight excluding hydrogens is 246 g/mol.